The molecular weight excluding hydrogens is 428 g/mol. The molecule has 0 aliphatic carbocycles. The summed E-state index contributed by atoms with van der Waals surface area (Å²) in [5.41, 5.74) is 1.74. The van der Waals surface area contributed by atoms with Gasteiger partial charge in [0.15, 0.2) is 0 Å². The van der Waals surface area contributed by atoms with Crippen molar-refractivity contribution in [3.05, 3.63) is 58.6 Å². The lowest BCUT2D eigenvalue weighted by molar-refractivity contribution is -0.128. The van der Waals surface area contributed by atoms with E-state index in [9.17, 15) is 4.79 Å². The van der Waals surface area contributed by atoms with Crippen molar-refractivity contribution in [2.75, 3.05) is 12.8 Å². The van der Waals surface area contributed by atoms with Gasteiger partial charge >= 0.3 is 0 Å². The summed E-state index contributed by atoms with van der Waals surface area (Å²) in [6.07, 6.45) is 0. The van der Waals surface area contributed by atoms with Crippen molar-refractivity contribution in [1.29, 1.82) is 0 Å². The largest absolute Gasteiger partial charge is 0.336 e. The predicted molar refractivity (Wildman–Crippen MR) is 116 cm³/mol. The second-order valence-electron chi connectivity index (χ2n) is 6.34. The number of thioether (sulfide) groups is 1. The highest BCUT2D eigenvalue weighted by Gasteiger charge is 2.22. The van der Waals surface area contributed by atoms with Gasteiger partial charge in [-0.25, -0.2) is 4.98 Å². The van der Waals surface area contributed by atoms with Crippen LogP contribution in [0.1, 0.15) is 18.0 Å². The van der Waals surface area contributed by atoms with Gasteiger partial charge in [0.05, 0.1) is 27.7 Å². The number of thiazole rings is 1. The van der Waals surface area contributed by atoms with Crippen LogP contribution in [0.5, 0.6) is 0 Å². The minimum Gasteiger partial charge on any atom is -0.336 e. The van der Waals surface area contributed by atoms with E-state index >= 15 is 0 Å². The van der Waals surface area contributed by atoms with Crippen molar-refractivity contribution in [1.82, 2.24) is 30.1 Å². The number of para-hydroxylation sites is 1. The molecule has 0 N–H and O–H groups in total. The molecule has 2 aromatic carbocycles. The van der Waals surface area contributed by atoms with Gasteiger partial charge in [-0.1, -0.05) is 35.5 Å². The van der Waals surface area contributed by atoms with Crippen molar-refractivity contribution >= 4 is 50.8 Å². The Morgan fingerprint density at radius 3 is 2.76 bits per heavy atom. The molecular formula is C19H17ClN6OS2. The fourth-order valence-corrected chi connectivity index (χ4v) is 4.70. The molecule has 1 amide bonds. The first-order valence-corrected chi connectivity index (χ1v) is 11.0. The SMILES string of the molecule is C[C@@H](c1nc2ccccc2s1)N(C)C(=O)CSc1nnnn1-c1ccc(Cl)cc1. The molecule has 0 saturated carbocycles. The van der Waals surface area contributed by atoms with E-state index in [4.69, 9.17) is 11.6 Å². The van der Waals surface area contributed by atoms with E-state index in [1.165, 1.54) is 11.8 Å². The van der Waals surface area contributed by atoms with Crippen molar-refractivity contribution in [2.24, 2.45) is 0 Å². The Morgan fingerprint density at radius 2 is 2.00 bits per heavy atom. The third-order valence-electron chi connectivity index (χ3n) is 4.48. The van der Waals surface area contributed by atoms with E-state index in [2.05, 4.69) is 20.5 Å². The lowest BCUT2D eigenvalue weighted by Crippen LogP contribution is -2.31. The number of hydrogen-bond acceptors (Lipinski definition) is 7. The van der Waals surface area contributed by atoms with Gasteiger partial charge in [-0.2, -0.15) is 4.68 Å². The number of amides is 1. The normalized spacial score (nSPS) is 12.2. The number of hydrogen-bond donors (Lipinski definition) is 0. The van der Waals surface area contributed by atoms with Crippen LogP contribution in [0.2, 0.25) is 5.02 Å². The maximum atomic E-state index is 12.7. The van der Waals surface area contributed by atoms with Gasteiger partial charge in [-0.05, 0) is 53.7 Å². The summed E-state index contributed by atoms with van der Waals surface area (Å²) in [5.74, 6) is 0.201. The summed E-state index contributed by atoms with van der Waals surface area (Å²) in [6.45, 7) is 1.98. The maximum absolute atomic E-state index is 12.7. The maximum Gasteiger partial charge on any atom is 0.233 e. The summed E-state index contributed by atoms with van der Waals surface area (Å²) in [7, 11) is 1.79. The van der Waals surface area contributed by atoms with Crippen LogP contribution in [0.3, 0.4) is 0 Å². The Bertz CT molecular complexity index is 1110. The molecule has 148 valence electrons. The van der Waals surface area contributed by atoms with E-state index < -0.39 is 0 Å². The molecule has 29 heavy (non-hydrogen) atoms. The number of rotatable bonds is 6. The molecule has 0 aliphatic heterocycles. The zero-order valence-corrected chi connectivity index (χ0v) is 18.1. The van der Waals surface area contributed by atoms with Crippen LogP contribution < -0.4 is 0 Å². The van der Waals surface area contributed by atoms with Gasteiger partial charge in [0.1, 0.15) is 5.01 Å². The quantitative estimate of drug-likeness (QED) is 0.414. The Hall–Kier alpha value is -2.49. The van der Waals surface area contributed by atoms with Crippen LogP contribution in [0.15, 0.2) is 53.7 Å². The predicted octanol–water partition coefficient (Wildman–Crippen LogP) is 4.24. The molecule has 0 radical (unpaired) electrons. The lowest BCUT2D eigenvalue weighted by atomic mass is 10.3. The molecule has 0 spiro atoms. The number of tetrazole rings is 1. The third kappa shape index (κ3) is 4.26. The highest BCUT2D eigenvalue weighted by Crippen LogP contribution is 2.29. The van der Waals surface area contributed by atoms with Gasteiger partial charge in [-0.3, -0.25) is 4.79 Å². The first-order chi connectivity index (χ1) is 14.0. The number of benzene rings is 2. The molecule has 4 rings (SSSR count). The number of halogens is 1. The molecule has 2 heterocycles. The molecule has 7 nitrogen and oxygen atoms in total. The van der Waals surface area contributed by atoms with E-state index in [0.717, 1.165) is 20.9 Å². The monoisotopic (exact) mass is 444 g/mol. The minimum absolute atomic E-state index is 0.0209. The van der Waals surface area contributed by atoms with Crippen LogP contribution >= 0.6 is 34.7 Å². The molecule has 2 aromatic heterocycles. The van der Waals surface area contributed by atoms with Crippen molar-refractivity contribution < 1.29 is 4.79 Å². The fourth-order valence-electron chi connectivity index (χ4n) is 2.69. The van der Waals surface area contributed by atoms with Gasteiger partial charge < -0.3 is 4.90 Å². The Labute approximate surface area is 180 Å². The Kier molecular flexibility index (Phi) is 5.79. The van der Waals surface area contributed by atoms with E-state index in [1.54, 1.807) is 40.1 Å². The van der Waals surface area contributed by atoms with E-state index in [1.807, 2.05) is 43.3 Å². The smallest absolute Gasteiger partial charge is 0.233 e. The molecule has 0 aliphatic rings. The molecule has 0 unspecified atom stereocenters. The summed E-state index contributed by atoms with van der Waals surface area (Å²) >= 11 is 8.84. The van der Waals surface area contributed by atoms with Crippen LogP contribution in [-0.4, -0.2) is 48.8 Å². The number of nitrogens with zero attached hydrogens (tertiary/aromatic N) is 6. The minimum atomic E-state index is -0.118. The molecule has 4 aromatic rings. The van der Waals surface area contributed by atoms with Gasteiger partial charge in [0.2, 0.25) is 11.1 Å². The average molecular weight is 445 g/mol. The second kappa shape index (κ2) is 8.48. The summed E-state index contributed by atoms with van der Waals surface area (Å²) in [4.78, 5) is 19.1. The molecule has 0 fully saturated rings. The zero-order chi connectivity index (χ0) is 20.4. The topological polar surface area (TPSA) is 76.8 Å². The van der Waals surface area contributed by atoms with Crippen molar-refractivity contribution in [3.63, 3.8) is 0 Å². The van der Waals surface area contributed by atoms with E-state index in [-0.39, 0.29) is 17.7 Å². The first kappa shape index (κ1) is 19.8. The van der Waals surface area contributed by atoms with Gasteiger partial charge in [-0.15, -0.1) is 16.4 Å². The third-order valence-corrected chi connectivity index (χ3v) is 6.84. The standard InChI is InChI=1S/C19H17ClN6OS2/c1-12(18-21-15-5-3-4-6-16(15)29-18)25(2)17(27)11-28-19-22-23-24-26(19)14-9-7-13(20)8-10-14/h3-10,12H,11H2,1-2H3/t12-/m0/s1. The van der Waals surface area contributed by atoms with Crippen LogP contribution in [-0.2, 0) is 4.79 Å². The Balaban J connectivity index is 1.43. The number of carbonyl (C=O) groups excluding carboxylic acids is 1. The number of aromatic nitrogens is 5. The van der Waals surface area contributed by atoms with Gasteiger partial charge in [0.25, 0.3) is 0 Å². The number of fused-ring (bicyclic) bond motifs is 1. The molecule has 0 bridgehead atoms. The fraction of sp³-hybridized carbons (Fsp3) is 0.211. The van der Waals surface area contributed by atoms with Crippen molar-refractivity contribution in [3.8, 4) is 5.69 Å². The first-order valence-electron chi connectivity index (χ1n) is 8.81. The van der Waals surface area contributed by atoms with Crippen molar-refractivity contribution in [2.45, 2.75) is 18.1 Å². The summed E-state index contributed by atoms with van der Waals surface area (Å²) in [6, 6.07) is 15.0. The van der Waals surface area contributed by atoms with Crippen LogP contribution in [0, 0.1) is 0 Å². The molecule has 0 saturated heterocycles. The molecule has 10 heteroatoms. The highest BCUT2D eigenvalue weighted by atomic mass is 35.5. The van der Waals surface area contributed by atoms with Gasteiger partial charge in [0, 0.05) is 12.1 Å². The Morgan fingerprint density at radius 1 is 1.24 bits per heavy atom. The number of carbonyl (C=O) groups is 1. The zero-order valence-electron chi connectivity index (χ0n) is 15.7. The second-order valence-corrected chi connectivity index (χ2v) is 8.78. The van der Waals surface area contributed by atoms with Crippen LogP contribution in [0.4, 0.5) is 0 Å². The average Bonchev–Trinajstić information content (AvgIpc) is 3.38. The summed E-state index contributed by atoms with van der Waals surface area (Å²) < 4.78 is 2.71. The lowest BCUT2D eigenvalue weighted by Gasteiger charge is -2.23. The molecule has 1 atom stereocenters. The summed E-state index contributed by atoms with van der Waals surface area (Å²) in [5, 5.41) is 13.9. The van der Waals surface area contributed by atoms with E-state index in [0.29, 0.717) is 10.2 Å². The highest BCUT2D eigenvalue weighted by molar-refractivity contribution is 7.99. The van der Waals surface area contributed by atoms with Crippen LogP contribution in [0.25, 0.3) is 15.9 Å².